The number of fused-ring (bicyclic) bond motifs is 1. The van der Waals surface area contributed by atoms with Crippen molar-refractivity contribution in [3.05, 3.63) is 54.1 Å². The van der Waals surface area contributed by atoms with Gasteiger partial charge in [-0.15, -0.1) is 0 Å². The van der Waals surface area contributed by atoms with Crippen LogP contribution in [0.3, 0.4) is 0 Å². The monoisotopic (exact) mass is 380 g/mol. The van der Waals surface area contributed by atoms with Crippen molar-refractivity contribution in [1.82, 2.24) is 4.90 Å². The molecule has 2 aromatic carbocycles. The van der Waals surface area contributed by atoms with E-state index >= 15 is 0 Å². The molecule has 4 rings (SSSR count). The second kappa shape index (κ2) is 8.23. The molecule has 148 valence electrons. The van der Waals surface area contributed by atoms with Gasteiger partial charge in [0, 0.05) is 43.4 Å². The van der Waals surface area contributed by atoms with Crippen LogP contribution in [0.25, 0.3) is 0 Å². The van der Waals surface area contributed by atoms with E-state index in [4.69, 9.17) is 4.74 Å². The minimum Gasteiger partial charge on any atom is -0.507 e. The molecule has 2 heterocycles. The number of rotatable bonds is 4. The molecular formula is C23H28N2O3. The largest absolute Gasteiger partial charge is 0.507 e. The molecule has 0 spiro atoms. The number of aromatic hydroxyl groups is 1. The predicted molar refractivity (Wildman–Crippen MR) is 110 cm³/mol. The van der Waals surface area contributed by atoms with E-state index in [1.165, 1.54) is 0 Å². The van der Waals surface area contributed by atoms with E-state index in [9.17, 15) is 9.90 Å². The number of benzene rings is 2. The molecule has 0 aliphatic carbocycles. The fraction of sp³-hybridized carbons (Fsp3) is 0.435. The van der Waals surface area contributed by atoms with Crippen LogP contribution >= 0.6 is 0 Å². The van der Waals surface area contributed by atoms with Gasteiger partial charge in [-0.05, 0) is 49.4 Å². The zero-order valence-corrected chi connectivity index (χ0v) is 16.4. The van der Waals surface area contributed by atoms with Gasteiger partial charge in [0.1, 0.15) is 11.5 Å². The van der Waals surface area contributed by atoms with Gasteiger partial charge in [0.15, 0.2) is 0 Å². The molecule has 2 aliphatic heterocycles. The van der Waals surface area contributed by atoms with E-state index in [1.54, 1.807) is 13.2 Å². The van der Waals surface area contributed by atoms with Crippen LogP contribution in [0.1, 0.15) is 24.8 Å². The standard InChI is InChI=1S/C23H28N2O3/c1-28-21-8-7-19(22(26)14-21)16-24-11-9-17-13-23(27)25(12-10-18(17)15-24)20-5-3-2-4-6-20/h2-8,14,17-18,26H,9-13,15-16H2,1H3/t17-,18+/m1/s1. The van der Waals surface area contributed by atoms with E-state index in [0.29, 0.717) is 24.0 Å². The van der Waals surface area contributed by atoms with Crippen molar-refractivity contribution in [2.24, 2.45) is 11.8 Å². The average Bonchev–Trinajstić information content (AvgIpc) is 2.88. The summed E-state index contributed by atoms with van der Waals surface area (Å²) in [7, 11) is 1.60. The molecule has 2 aromatic rings. The van der Waals surface area contributed by atoms with E-state index < -0.39 is 0 Å². The van der Waals surface area contributed by atoms with Crippen LogP contribution in [0, 0.1) is 11.8 Å². The summed E-state index contributed by atoms with van der Waals surface area (Å²) in [5, 5.41) is 10.3. The summed E-state index contributed by atoms with van der Waals surface area (Å²) >= 11 is 0. The van der Waals surface area contributed by atoms with Crippen LogP contribution in [0.4, 0.5) is 5.69 Å². The Balaban J connectivity index is 1.42. The number of nitrogens with zero attached hydrogens (tertiary/aromatic N) is 2. The Kier molecular flexibility index (Phi) is 5.53. The van der Waals surface area contributed by atoms with Gasteiger partial charge in [0.25, 0.3) is 0 Å². The van der Waals surface area contributed by atoms with E-state index in [2.05, 4.69) is 4.90 Å². The minimum absolute atomic E-state index is 0.250. The maximum absolute atomic E-state index is 12.8. The van der Waals surface area contributed by atoms with Crippen LogP contribution < -0.4 is 9.64 Å². The van der Waals surface area contributed by atoms with Crippen LogP contribution in [0.15, 0.2) is 48.5 Å². The van der Waals surface area contributed by atoms with Crippen molar-refractivity contribution < 1.29 is 14.6 Å². The molecule has 0 saturated carbocycles. The molecule has 1 N–H and O–H groups in total. The smallest absolute Gasteiger partial charge is 0.227 e. The number of phenols is 1. The number of hydrogen-bond donors (Lipinski definition) is 1. The summed E-state index contributed by atoms with van der Waals surface area (Å²) in [5.41, 5.74) is 1.93. The number of carbonyl (C=O) groups excluding carboxylic acids is 1. The van der Waals surface area contributed by atoms with Crippen molar-refractivity contribution in [2.45, 2.75) is 25.8 Å². The lowest BCUT2D eigenvalue weighted by atomic mass is 9.82. The van der Waals surface area contributed by atoms with Crippen molar-refractivity contribution in [3.63, 3.8) is 0 Å². The number of methoxy groups -OCH3 is 1. The fourth-order valence-electron chi connectivity index (χ4n) is 4.58. The number of piperidine rings is 1. The molecule has 28 heavy (non-hydrogen) atoms. The first-order valence-corrected chi connectivity index (χ1v) is 10.1. The Morgan fingerprint density at radius 3 is 2.61 bits per heavy atom. The quantitative estimate of drug-likeness (QED) is 0.879. The van der Waals surface area contributed by atoms with Gasteiger partial charge in [-0.3, -0.25) is 9.69 Å². The van der Waals surface area contributed by atoms with Gasteiger partial charge in [0.05, 0.1) is 7.11 Å². The maximum atomic E-state index is 12.8. The van der Waals surface area contributed by atoms with E-state index in [-0.39, 0.29) is 11.7 Å². The lowest BCUT2D eigenvalue weighted by Gasteiger charge is -2.37. The molecular weight excluding hydrogens is 352 g/mol. The number of amides is 1. The van der Waals surface area contributed by atoms with Gasteiger partial charge in [-0.1, -0.05) is 24.3 Å². The lowest BCUT2D eigenvalue weighted by Crippen LogP contribution is -2.40. The van der Waals surface area contributed by atoms with Gasteiger partial charge in [0.2, 0.25) is 5.91 Å². The third-order valence-electron chi connectivity index (χ3n) is 6.19. The Hall–Kier alpha value is -2.53. The Labute approximate surface area is 166 Å². The SMILES string of the molecule is COc1ccc(CN2CC[C@@H]3CC(=O)N(c4ccccc4)CC[C@H]3C2)c(O)c1. The minimum atomic E-state index is 0.250. The van der Waals surface area contributed by atoms with Crippen molar-refractivity contribution in [2.75, 3.05) is 31.6 Å². The lowest BCUT2D eigenvalue weighted by molar-refractivity contribution is -0.119. The van der Waals surface area contributed by atoms with Crippen molar-refractivity contribution in [3.8, 4) is 11.5 Å². The summed E-state index contributed by atoms with van der Waals surface area (Å²) in [4.78, 5) is 17.2. The highest BCUT2D eigenvalue weighted by Crippen LogP contribution is 2.35. The molecule has 5 heteroatoms. The first kappa shape index (κ1) is 18.8. The summed E-state index contributed by atoms with van der Waals surface area (Å²) in [6, 6.07) is 15.5. The second-order valence-corrected chi connectivity index (χ2v) is 7.91. The molecule has 0 radical (unpaired) electrons. The van der Waals surface area contributed by atoms with Gasteiger partial charge < -0.3 is 14.7 Å². The molecule has 5 nitrogen and oxygen atoms in total. The number of para-hydroxylation sites is 1. The zero-order chi connectivity index (χ0) is 19.5. The van der Waals surface area contributed by atoms with Crippen LogP contribution in [-0.4, -0.2) is 42.7 Å². The Bertz CT molecular complexity index is 824. The highest BCUT2D eigenvalue weighted by atomic mass is 16.5. The molecule has 0 bridgehead atoms. The molecule has 0 aromatic heterocycles. The Morgan fingerprint density at radius 2 is 1.86 bits per heavy atom. The summed E-state index contributed by atoms with van der Waals surface area (Å²) in [6.07, 6.45) is 2.70. The zero-order valence-electron chi connectivity index (χ0n) is 16.4. The maximum Gasteiger partial charge on any atom is 0.227 e. The van der Waals surface area contributed by atoms with E-state index in [0.717, 1.165) is 50.3 Å². The molecule has 2 atom stereocenters. The number of carbonyl (C=O) groups is 1. The topological polar surface area (TPSA) is 53.0 Å². The van der Waals surface area contributed by atoms with Crippen LogP contribution in [0.2, 0.25) is 0 Å². The van der Waals surface area contributed by atoms with E-state index in [1.807, 2.05) is 47.4 Å². The first-order valence-electron chi connectivity index (χ1n) is 10.1. The second-order valence-electron chi connectivity index (χ2n) is 7.91. The number of hydrogen-bond acceptors (Lipinski definition) is 4. The van der Waals surface area contributed by atoms with Crippen molar-refractivity contribution >= 4 is 11.6 Å². The fourth-order valence-corrected chi connectivity index (χ4v) is 4.58. The summed E-state index contributed by atoms with van der Waals surface area (Å²) < 4.78 is 5.17. The van der Waals surface area contributed by atoms with Gasteiger partial charge >= 0.3 is 0 Å². The molecule has 2 fully saturated rings. The number of ether oxygens (including phenoxy) is 1. The third kappa shape index (κ3) is 3.99. The van der Waals surface area contributed by atoms with Crippen LogP contribution in [0.5, 0.6) is 11.5 Å². The normalized spacial score (nSPS) is 23.2. The molecule has 1 amide bonds. The number of anilines is 1. The number of likely N-dealkylation sites (tertiary alicyclic amines) is 1. The molecule has 0 unspecified atom stereocenters. The predicted octanol–water partition coefficient (Wildman–Crippen LogP) is 3.67. The molecule has 2 saturated heterocycles. The van der Waals surface area contributed by atoms with Crippen molar-refractivity contribution in [1.29, 1.82) is 0 Å². The Morgan fingerprint density at radius 1 is 1.07 bits per heavy atom. The molecule has 2 aliphatic rings. The summed E-state index contributed by atoms with van der Waals surface area (Å²) in [6.45, 7) is 3.46. The summed E-state index contributed by atoms with van der Waals surface area (Å²) in [5.74, 6) is 2.18. The number of phenolic OH excluding ortho intramolecular Hbond substituents is 1. The van der Waals surface area contributed by atoms with Gasteiger partial charge in [-0.25, -0.2) is 0 Å². The average molecular weight is 380 g/mol. The first-order chi connectivity index (χ1) is 13.6. The highest BCUT2D eigenvalue weighted by Gasteiger charge is 2.35. The highest BCUT2D eigenvalue weighted by molar-refractivity contribution is 5.93. The van der Waals surface area contributed by atoms with Gasteiger partial charge in [-0.2, -0.15) is 0 Å². The third-order valence-corrected chi connectivity index (χ3v) is 6.19. The van der Waals surface area contributed by atoms with Crippen LogP contribution in [-0.2, 0) is 11.3 Å².